The Morgan fingerprint density at radius 2 is 1.95 bits per heavy atom. The fourth-order valence-corrected chi connectivity index (χ4v) is 1.97. The third kappa shape index (κ3) is 6.51. The molecule has 1 unspecified atom stereocenters. The Hall–Kier alpha value is -1.18. The van der Waals surface area contributed by atoms with Crippen molar-refractivity contribution in [3.05, 3.63) is 0 Å². The van der Waals surface area contributed by atoms with Crippen molar-refractivity contribution in [2.75, 3.05) is 46.3 Å². The molecular weight excluding hydrogens is 248 g/mol. The minimum Gasteiger partial charge on any atom is -0.481 e. The number of nitrogens with zero attached hydrogens (tertiary/aromatic N) is 2. The number of amides is 1. The summed E-state index contributed by atoms with van der Waals surface area (Å²) in [6, 6.07) is -0.548. The predicted octanol–water partition coefficient (Wildman–Crippen LogP) is -1.46. The number of piperazine rings is 1. The molecule has 0 aromatic rings. The van der Waals surface area contributed by atoms with E-state index in [-0.39, 0.29) is 12.3 Å². The van der Waals surface area contributed by atoms with Gasteiger partial charge in [0.2, 0.25) is 5.91 Å². The zero-order chi connectivity index (χ0) is 14.3. The number of hydrogen-bond donors (Lipinski definition) is 3. The molecule has 19 heavy (non-hydrogen) atoms. The van der Waals surface area contributed by atoms with E-state index in [0.717, 1.165) is 26.2 Å². The van der Waals surface area contributed by atoms with Gasteiger partial charge in [0.25, 0.3) is 0 Å². The Labute approximate surface area is 113 Å². The van der Waals surface area contributed by atoms with E-state index >= 15 is 0 Å². The van der Waals surface area contributed by atoms with E-state index in [1.54, 1.807) is 0 Å². The summed E-state index contributed by atoms with van der Waals surface area (Å²) in [4.78, 5) is 26.5. The summed E-state index contributed by atoms with van der Waals surface area (Å²) in [5.74, 6) is -1.06. The fourth-order valence-electron chi connectivity index (χ4n) is 1.97. The molecule has 7 nitrogen and oxygen atoms in total. The van der Waals surface area contributed by atoms with E-state index in [1.807, 2.05) is 0 Å². The van der Waals surface area contributed by atoms with Gasteiger partial charge in [-0.15, -0.1) is 0 Å². The molecule has 1 atom stereocenters. The lowest BCUT2D eigenvalue weighted by Gasteiger charge is -2.33. The Balaban J connectivity index is 2.15. The molecule has 1 amide bonds. The van der Waals surface area contributed by atoms with Crippen molar-refractivity contribution in [1.82, 2.24) is 15.1 Å². The van der Waals surface area contributed by atoms with Crippen LogP contribution in [0, 0.1) is 0 Å². The number of carbonyl (C=O) groups is 2. The first kappa shape index (κ1) is 15.9. The van der Waals surface area contributed by atoms with Gasteiger partial charge in [0, 0.05) is 45.7 Å². The molecule has 0 bridgehead atoms. The molecule has 110 valence electrons. The summed E-state index contributed by atoms with van der Waals surface area (Å²) < 4.78 is 0. The first-order chi connectivity index (χ1) is 8.99. The Bertz CT molecular complexity index is 303. The number of carboxylic acids is 1. The fraction of sp³-hybridized carbons (Fsp3) is 0.833. The van der Waals surface area contributed by atoms with E-state index < -0.39 is 12.0 Å². The quantitative estimate of drug-likeness (QED) is 0.490. The third-order valence-electron chi connectivity index (χ3n) is 3.25. The third-order valence-corrected chi connectivity index (χ3v) is 3.25. The maximum absolute atomic E-state index is 11.7. The highest BCUT2D eigenvalue weighted by molar-refractivity contribution is 5.81. The van der Waals surface area contributed by atoms with Crippen LogP contribution < -0.4 is 11.1 Å². The molecule has 7 heteroatoms. The highest BCUT2D eigenvalue weighted by atomic mass is 16.4. The average Bonchev–Trinajstić information content (AvgIpc) is 2.36. The van der Waals surface area contributed by atoms with Crippen LogP contribution in [-0.2, 0) is 9.59 Å². The van der Waals surface area contributed by atoms with Crippen molar-refractivity contribution in [2.24, 2.45) is 5.73 Å². The van der Waals surface area contributed by atoms with Gasteiger partial charge >= 0.3 is 5.97 Å². The van der Waals surface area contributed by atoms with Gasteiger partial charge in [0.1, 0.15) is 0 Å². The number of carboxylic acid groups (broad SMARTS) is 1. The first-order valence-corrected chi connectivity index (χ1v) is 6.65. The molecule has 0 radical (unpaired) electrons. The van der Waals surface area contributed by atoms with Crippen LogP contribution in [0.3, 0.4) is 0 Å². The molecule has 1 aliphatic rings. The second-order valence-corrected chi connectivity index (χ2v) is 5.00. The van der Waals surface area contributed by atoms with E-state index in [2.05, 4.69) is 22.2 Å². The lowest BCUT2D eigenvalue weighted by molar-refractivity contribution is -0.137. The largest absolute Gasteiger partial charge is 0.481 e. The van der Waals surface area contributed by atoms with E-state index in [0.29, 0.717) is 19.5 Å². The van der Waals surface area contributed by atoms with E-state index in [4.69, 9.17) is 10.8 Å². The van der Waals surface area contributed by atoms with Crippen LogP contribution in [-0.4, -0.2) is 79.1 Å². The maximum Gasteiger partial charge on any atom is 0.303 e. The van der Waals surface area contributed by atoms with Crippen molar-refractivity contribution in [1.29, 1.82) is 0 Å². The van der Waals surface area contributed by atoms with Crippen molar-refractivity contribution < 1.29 is 14.7 Å². The van der Waals surface area contributed by atoms with Crippen molar-refractivity contribution in [3.8, 4) is 0 Å². The maximum atomic E-state index is 11.7. The summed E-state index contributed by atoms with van der Waals surface area (Å²) in [6.07, 6.45) is 0.496. The second-order valence-electron chi connectivity index (χ2n) is 5.00. The van der Waals surface area contributed by atoms with Gasteiger partial charge in [-0.25, -0.2) is 0 Å². The number of nitrogens with one attached hydrogen (secondary N) is 1. The number of hydrogen-bond acceptors (Lipinski definition) is 5. The molecule has 0 saturated carbocycles. The van der Waals surface area contributed by atoms with Crippen molar-refractivity contribution in [2.45, 2.75) is 18.9 Å². The lowest BCUT2D eigenvalue weighted by atomic mass is 10.2. The Kier molecular flexibility index (Phi) is 6.75. The molecule has 1 rings (SSSR count). The molecule has 1 aliphatic heterocycles. The summed E-state index contributed by atoms with van der Waals surface area (Å²) in [6.45, 7) is 4.76. The molecule has 0 spiro atoms. The predicted molar refractivity (Wildman–Crippen MR) is 71.8 cm³/mol. The summed E-state index contributed by atoms with van der Waals surface area (Å²) in [5, 5.41) is 11.1. The van der Waals surface area contributed by atoms with Gasteiger partial charge in [-0.2, -0.15) is 0 Å². The topological polar surface area (TPSA) is 98.9 Å². The van der Waals surface area contributed by atoms with Gasteiger partial charge < -0.3 is 21.1 Å². The van der Waals surface area contributed by atoms with Crippen LogP contribution in [0.2, 0.25) is 0 Å². The first-order valence-electron chi connectivity index (χ1n) is 6.65. The lowest BCUT2D eigenvalue weighted by Crippen LogP contribution is -2.52. The van der Waals surface area contributed by atoms with Crippen LogP contribution >= 0.6 is 0 Å². The van der Waals surface area contributed by atoms with E-state index in [1.165, 1.54) is 0 Å². The molecule has 0 aliphatic carbocycles. The van der Waals surface area contributed by atoms with Crippen LogP contribution in [0.1, 0.15) is 12.8 Å². The average molecular weight is 272 g/mol. The highest BCUT2D eigenvalue weighted by Crippen LogP contribution is 1.99. The van der Waals surface area contributed by atoms with E-state index in [9.17, 15) is 9.59 Å². The minimum atomic E-state index is -0.851. The molecule has 1 fully saturated rings. The molecule has 1 heterocycles. The van der Waals surface area contributed by atoms with Gasteiger partial charge in [-0.3, -0.25) is 14.5 Å². The van der Waals surface area contributed by atoms with Crippen LogP contribution in [0.25, 0.3) is 0 Å². The normalized spacial score (nSPS) is 19.1. The number of rotatable bonds is 7. The smallest absolute Gasteiger partial charge is 0.303 e. The summed E-state index contributed by atoms with van der Waals surface area (Å²) >= 11 is 0. The number of aliphatic carboxylic acids is 1. The molecule has 4 N–H and O–H groups in total. The van der Waals surface area contributed by atoms with Gasteiger partial charge in [-0.1, -0.05) is 0 Å². The number of nitrogens with two attached hydrogens (primary N) is 1. The van der Waals surface area contributed by atoms with Crippen LogP contribution in [0.5, 0.6) is 0 Å². The van der Waals surface area contributed by atoms with Crippen molar-refractivity contribution >= 4 is 11.9 Å². The van der Waals surface area contributed by atoms with Crippen LogP contribution in [0.4, 0.5) is 0 Å². The van der Waals surface area contributed by atoms with Crippen molar-refractivity contribution in [3.63, 3.8) is 0 Å². The number of likely N-dealkylation sites (N-methyl/N-ethyl adjacent to an activating group) is 1. The number of carbonyl (C=O) groups excluding carboxylic acids is 1. The monoisotopic (exact) mass is 272 g/mol. The van der Waals surface area contributed by atoms with Gasteiger partial charge in [0.05, 0.1) is 6.04 Å². The Morgan fingerprint density at radius 3 is 2.53 bits per heavy atom. The summed E-state index contributed by atoms with van der Waals surface area (Å²) in [7, 11) is 2.08. The molecule has 0 aromatic carbocycles. The Morgan fingerprint density at radius 1 is 1.32 bits per heavy atom. The van der Waals surface area contributed by atoms with Gasteiger partial charge in [0.15, 0.2) is 0 Å². The second kappa shape index (κ2) is 8.08. The zero-order valence-corrected chi connectivity index (χ0v) is 11.5. The molecule has 1 saturated heterocycles. The molecule has 0 aromatic heterocycles. The summed E-state index contributed by atoms with van der Waals surface area (Å²) in [5.41, 5.74) is 5.84. The SMILES string of the molecule is CN1CCN(CC(N)C(=O)NCCCC(=O)O)CC1. The molecular formula is C12H24N4O3. The van der Waals surface area contributed by atoms with Crippen LogP contribution in [0.15, 0.2) is 0 Å². The zero-order valence-electron chi connectivity index (χ0n) is 11.5. The van der Waals surface area contributed by atoms with Gasteiger partial charge in [-0.05, 0) is 13.5 Å². The highest BCUT2D eigenvalue weighted by Gasteiger charge is 2.20. The minimum absolute atomic E-state index is 0.0635. The standard InChI is InChI=1S/C12H24N4O3/c1-15-5-7-16(8-6-15)9-10(13)12(19)14-4-2-3-11(17)18/h10H,2-9,13H2,1H3,(H,14,19)(H,17,18).